The number of carboxylic acids is 1. The minimum Gasteiger partial charge on any atom is -0.479 e. The van der Waals surface area contributed by atoms with Crippen LogP contribution in [0.2, 0.25) is 0 Å². The van der Waals surface area contributed by atoms with Crippen molar-refractivity contribution < 1.29 is 22.5 Å². The lowest BCUT2D eigenvalue weighted by molar-refractivity contribution is -0.142. The predicted octanol–water partition coefficient (Wildman–Crippen LogP) is 0.868. The monoisotopic (exact) mass is 254 g/mol. The topological polar surface area (TPSA) is 80.7 Å². The van der Waals surface area contributed by atoms with Gasteiger partial charge in [0, 0.05) is 0 Å². The van der Waals surface area contributed by atoms with Crippen molar-refractivity contribution in [3.8, 4) is 11.8 Å². The highest BCUT2D eigenvalue weighted by Gasteiger charge is 2.25. The molecule has 0 spiro atoms. The fraction of sp³-hybridized carbons (Fsp3) is 0.182. The smallest absolute Gasteiger partial charge is 0.347 e. The van der Waals surface area contributed by atoms with Crippen LogP contribution in [0.15, 0.2) is 35.2 Å². The summed E-state index contributed by atoms with van der Waals surface area (Å²) in [5, 5.41) is 8.72. The maximum Gasteiger partial charge on any atom is 0.347 e. The van der Waals surface area contributed by atoms with E-state index >= 15 is 0 Å². The summed E-state index contributed by atoms with van der Waals surface area (Å²) in [4.78, 5) is 10.6. The van der Waals surface area contributed by atoms with E-state index in [1.54, 1.807) is 6.07 Å². The van der Waals surface area contributed by atoms with Crippen LogP contribution in [0.5, 0.6) is 0 Å². The molecule has 0 fully saturated rings. The van der Waals surface area contributed by atoms with E-state index in [2.05, 4.69) is 16.0 Å². The summed E-state index contributed by atoms with van der Waals surface area (Å²) >= 11 is 0. The van der Waals surface area contributed by atoms with Crippen molar-refractivity contribution in [1.29, 1.82) is 0 Å². The molecule has 90 valence electrons. The Balaban J connectivity index is 3.00. The van der Waals surface area contributed by atoms with Crippen LogP contribution in [0.25, 0.3) is 0 Å². The van der Waals surface area contributed by atoms with Crippen molar-refractivity contribution in [3.05, 3.63) is 30.3 Å². The Morgan fingerprint density at radius 3 is 2.41 bits per heavy atom. The quantitative estimate of drug-likeness (QED) is 0.637. The zero-order valence-corrected chi connectivity index (χ0v) is 9.77. The van der Waals surface area contributed by atoms with Gasteiger partial charge in [0.15, 0.2) is 0 Å². The molecular formula is C11H10O5S. The van der Waals surface area contributed by atoms with Crippen LogP contribution in [0.3, 0.4) is 0 Å². The minimum atomic E-state index is -4.11. The van der Waals surface area contributed by atoms with E-state index in [0.29, 0.717) is 0 Å². The minimum absolute atomic E-state index is 0.107. The average molecular weight is 254 g/mol. The SMILES string of the molecule is CC#CC(OS(=O)(=O)c1ccccc1)C(=O)O. The molecule has 1 rings (SSSR count). The Bertz CT molecular complexity index is 551. The van der Waals surface area contributed by atoms with Gasteiger partial charge in [-0.3, -0.25) is 0 Å². The molecule has 1 N–H and O–H groups in total. The van der Waals surface area contributed by atoms with Crippen LogP contribution in [0.1, 0.15) is 6.92 Å². The molecule has 1 unspecified atom stereocenters. The van der Waals surface area contributed by atoms with Gasteiger partial charge in [-0.1, -0.05) is 24.1 Å². The van der Waals surface area contributed by atoms with Gasteiger partial charge >= 0.3 is 5.97 Å². The van der Waals surface area contributed by atoms with Crippen molar-refractivity contribution in [2.75, 3.05) is 0 Å². The predicted molar refractivity (Wildman–Crippen MR) is 59.6 cm³/mol. The van der Waals surface area contributed by atoms with E-state index in [4.69, 9.17) is 5.11 Å². The molecule has 17 heavy (non-hydrogen) atoms. The maximum atomic E-state index is 11.7. The highest BCUT2D eigenvalue weighted by Crippen LogP contribution is 2.13. The first-order chi connectivity index (χ1) is 7.97. The van der Waals surface area contributed by atoms with E-state index in [1.165, 1.54) is 31.2 Å². The number of carboxylic acid groups (broad SMARTS) is 1. The Morgan fingerprint density at radius 2 is 1.94 bits per heavy atom. The molecule has 0 heterocycles. The molecule has 1 atom stereocenters. The molecule has 0 aliphatic carbocycles. The fourth-order valence-electron chi connectivity index (χ4n) is 1.03. The highest BCUT2D eigenvalue weighted by atomic mass is 32.2. The molecule has 0 amide bonds. The lowest BCUT2D eigenvalue weighted by Gasteiger charge is -2.08. The van der Waals surface area contributed by atoms with Gasteiger partial charge in [0.05, 0.1) is 4.90 Å². The number of hydrogen-bond donors (Lipinski definition) is 1. The van der Waals surface area contributed by atoms with E-state index in [1.807, 2.05) is 0 Å². The Kier molecular flexibility index (Phi) is 4.26. The molecule has 0 saturated carbocycles. The number of rotatable bonds is 4. The van der Waals surface area contributed by atoms with Gasteiger partial charge in [-0.25, -0.2) is 8.98 Å². The van der Waals surface area contributed by atoms with Gasteiger partial charge in [-0.15, -0.1) is 5.92 Å². The summed E-state index contributed by atoms with van der Waals surface area (Å²) in [5.41, 5.74) is 0. The van der Waals surface area contributed by atoms with Gasteiger partial charge in [-0.2, -0.15) is 8.42 Å². The zero-order chi connectivity index (χ0) is 12.9. The van der Waals surface area contributed by atoms with Crippen LogP contribution in [-0.4, -0.2) is 25.6 Å². The van der Waals surface area contributed by atoms with E-state index in [9.17, 15) is 13.2 Å². The van der Waals surface area contributed by atoms with Crippen LogP contribution in [0, 0.1) is 11.8 Å². The van der Waals surface area contributed by atoms with Crippen molar-refractivity contribution in [3.63, 3.8) is 0 Å². The number of hydrogen-bond acceptors (Lipinski definition) is 4. The van der Waals surface area contributed by atoms with Crippen molar-refractivity contribution in [2.45, 2.75) is 17.9 Å². The van der Waals surface area contributed by atoms with E-state index in [-0.39, 0.29) is 4.90 Å². The van der Waals surface area contributed by atoms with Gasteiger partial charge in [-0.05, 0) is 19.1 Å². The molecule has 1 aromatic carbocycles. The van der Waals surface area contributed by atoms with E-state index in [0.717, 1.165) is 0 Å². The second-order valence-electron chi connectivity index (χ2n) is 2.98. The molecule has 0 aromatic heterocycles. The van der Waals surface area contributed by atoms with Crippen molar-refractivity contribution >= 4 is 16.1 Å². The lowest BCUT2D eigenvalue weighted by Crippen LogP contribution is -2.25. The number of benzene rings is 1. The Hall–Kier alpha value is -1.84. The molecular weight excluding hydrogens is 244 g/mol. The maximum absolute atomic E-state index is 11.7. The van der Waals surface area contributed by atoms with Gasteiger partial charge in [0.1, 0.15) is 0 Å². The summed E-state index contributed by atoms with van der Waals surface area (Å²) in [6.07, 6.45) is -1.69. The first-order valence-electron chi connectivity index (χ1n) is 4.61. The van der Waals surface area contributed by atoms with Crippen LogP contribution in [0.4, 0.5) is 0 Å². The first-order valence-corrected chi connectivity index (χ1v) is 6.01. The Morgan fingerprint density at radius 1 is 1.35 bits per heavy atom. The second kappa shape index (κ2) is 5.48. The average Bonchev–Trinajstić information content (AvgIpc) is 2.29. The normalized spacial score (nSPS) is 12.3. The number of carbonyl (C=O) groups is 1. The lowest BCUT2D eigenvalue weighted by atomic mass is 10.4. The van der Waals surface area contributed by atoms with Crippen LogP contribution in [-0.2, 0) is 19.1 Å². The summed E-state index contributed by atoms with van der Waals surface area (Å²) in [6, 6.07) is 7.29. The van der Waals surface area contributed by atoms with E-state index < -0.39 is 22.2 Å². The third kappa shape index (κ3) is 3.59. The zero-order valence-electron chi connectivity index (χ0n) is 8.95. The molecule has 6 heteroatoms. The van der Waals surface area contributed by atoms with Gasteiger partial charge in [0.25, 0.3) is 10.1 Å². The summed E-state index contributed by atoms with van der Waals surface area (Å²) in [7, 11) is -4.11. The van der Waals surface area contributed by atoms with Crippen LogP contribution >= 0.6 is 0 Å². The third-order valence-corrected chi connectivity index (χ3v) is 3.05. The summed E-state index contributed by atoms with van der Waals surface area (Å²) in [6.45, 7) is 1.40. The number of aliphatic carboxylic acids is 1. The van der Waals surface area contributed by atoms with Crippen LogP contribution < -0.4 is 0 Å². The summed E-state index contributed by atoms with van der Waals surface area (Å²) < 4.78 is 27.9. The third-order valence-electron chi connectivity index (χ3n) is 1.75. The molecule has 5 nitrogen and oxygen atoms in total. The van der Waals surface area contributed by atoms with Crippen molar-refractivity contribution in [2.24, 2.45) is 0 Å². The first kappa shape index (κ1) is 13.2. The van der Waals surface area contributed by atoms with Gasteiger partial charge < -0.3 is 5.11 Å². The molecule has 1 aromatic rings. The molecule has 0 aliphatic rings. The summed E-state index contributed by atoms with van der Waals surface area (Å²) in [5.74, 6) is 3.01. The van der Waals surface area contributed by atoms with Crippen molar-refractivity contribution in [1.82, 2.24) is 0 Å². The second-order valence-corrected chi connectivity index (χ2v) is 4.55. The highest BCUT2D eigenvalue weighted by molar-refractivity contribution is 7.86. The van der Waals surface area contributed by atoms with Gasteiger partial charge in [0.2, 0.25) is 6.10 Å². The molecule has 0 radical (unpaired) electrons. The fourth-order valence-corrected chi connectivity index (χ4v) is 2.01. The Labute approximate surface area is 99.2 Å². The molecule has 0 aliphatic heterocycles. The standard InChI is InChI=1S/C11H10O5S/c1-2-6-10(11(12)13)16-17(14,15)9-7-4-3-5-8-9/h3-5,7-8,10H,1H3,(H,12,13). The molecule has 0 saturated heterocycles. The largest absolute Gasteiger partial charge is 0.479 e. The molecule has 0 bridgehead atoms.